The van der Waals surface area contributed by atoms with E-state index in [1.807, 2.05) is 6.08 Å². The Morgan fingerprint density at radius 1 is 1.50 bits per heavy atom. The summed E-state index contributed by atoms with van der Waals surface area (Å²) in [7, 11) is 1.70. The monoisotopic (exact) mass is 110 g/mol. The molecule has 0 atom stereocenters. The molecule has 0 N–H and O–H groups in total. The highest BCUT2D eigenvalue weighted by molar-refractivity contribution is 5.15. The van der Waals surface area contributed by atoms with Crippen LogP contribution in [0.3, 0.4) is 0 Å². The van der Waals surface area contributed by atoms with Crippen molar-refractivity contribution in [3.8, 4) is 0 Å². The van der Waals surface area contributed by atoms with Crippen molar-refractivity contribution in [1.82, 2.24) is 0 Å². The molecule has 44 valence electrons. The van der Waals surface area contributed by atoms with Crippen LogP contribution in [0.2, 0.25) is 0 Å². The maximum absolute atomic E-state index is 4.97. The molecule has 0 saturated carbocycles. The molecule has 1 aliphatic carbocycles. The van der Waals surface area contributed by atoms with E-state index in [0.717, 1.165) is 18.6 Å². The van der Waals surface area contributed by atoms with Gasteiger partial charge in [-0.25, -0.2) is 0 Å². The van der Waals surface area contributed by atoms with Gasteiger partial charge in [-0.3, -0.25) is 0 Å². The standard InChI is InChI=1S/C7H10O/c1-8-7-5-3-2-4-6-7/h3,5-6H,2,4H2,1H3. The summed E-state index contributed by atoms with van der Waals surface area (Å²) in [6, 6.07) is 0. The van der Waals surface area contributed by atoms with E-state index in [-0.39, 0.29) is 0 Å². The van der Waals surface area contributed by atoms with Crippen molar-refractivity contribution >= 4 is 0 Å². The molecule has 0 aromatic heterocycles. The van der Waals surface area contributed by atoms with Gasteiger partial charge in [0.2, 0.25) is 0 Å². The topological polar surface area (TPSA) is 9.23 Å². The summed E-state index contributed by atoms with van der Waals surface area (Å²) < 4.78 is 4.97. The second kappa shape index (κ2) is 2.55. The minimum absolute atomic E-state index is 0.997. The molecule has 1 aliphatic rings. The lowest BCUT2D eigenvalue weighted by Gasteiger charge is -2.02. The fraction of sp³-hybridized carbons (Fsp3) is 0.429. The lowest BCUT2D eigenvalue weighted by Crippen LogP contribution is -1.85. The van der Waals surface area contributed by atoms with Gasteiger partial charge in [-0.2, -0.15) is 0 Å². The lowest BCUT2D eigenvalue weighted by molar-refractivity contribution is 0.303. The van der Waals surface area contributed by atoms with Crippen molar-refractivity contribution in [2.24, 2.45) is 0 Å². The molecule has 1 heteroatoms. The molecule has 1 rings (SSSR count). The van der Waals surface area contributed by atoms with E-state index >= 15 is 0 Å². The molecule has 1 nitrogen and oxygen atoms in total. The Morgan fingerprint density at radius 2 is 2.38 bits per heavy atom. The van der Waals surface area contributed by atoms with E-state index in [9.17, 15) is 0 Å². The van der Waals surface area contributed by atoms with Crippen LogP contribution in [0.4, 0.5) is 0 Å². The Labute approximate surface area is 49.7 Å². The zero-order valence-electron chi connectivity index (χ0n) is 5.05. The minimum Gasteiger partial charge on any atom is -0.497 e. The summed E-state index contributed by atoms with van der Waals surface area (Å²) in [5.41, 5.74) is 0. The summed E-state index contributed by atoms with van der Waals surface area (Å²) in [5, 5.41) is 0. The largest absolute Gasteiger partial charge is 0.497 e. The molecule has 0 spiro atoms. The van der Waals surface area contributed by atoms with E-state index in [0.29, 0.717) is 0 Å². The van der Waals surface area contributed by atoms with E-state index < -0.39 is 0 Å². The Bertz CT molecular complexity index is 122. The van der Waals surface area contributed by atoms with Crippen LogP contribution < -0.4 is 0 Å². The molecule has 8 heavy (non-hydrogen) atoms. The number of methoxy groups -OCH3 is 1. The summed E-state index contributed by atoms with van der Waals surface area (Å²) in [5.74, 6) is 0.997. The quantitative estimate of drug-likeness (QED) is 0.500. The predicted molar refractivity (Wildman–Crippen MR) is 33.5 cm³/mol. The van der Waals surface area contributed by atoms with Gasteiger partial charge in [0.05, 0.1) is 7.11 Å². The maximum Gasteiger partial charge on any atom is 0.114 e. The number of allylic oxidation sites excluding steroid dienone is 3. The van der Waals surface area contributed by atoms with E-state index in [1.165, 1.54) is 0 Å². The highest BCUT2D eigenvalue weighted by Gasteiger charge is 1.92. The number of hydrogen-bond donors (Lipinski definition) is 0. The van der Waals surface area contributed by atoms with Gasteiger partial charge in [-0.15, -0.1) is 0 Å². The van der Waals surface area contributed by atoms with Gasteiger partial charge in [-0.05, 0) is 25.0 Å². The smallest absolute Gasteiger partial charge is 0.114 e. The van der Waals surface area contributed by atoms with Gasteiger partial charge >= 0.3 is 0 Å². The second-order valence-corrected chi connectivity index (χ2v) is 1.79. The molecule has 0 aliphatic heterocycles. The van der Waals surface area contributed by atoms with Crippen molar-refractivity contribution in [3.63, 3.8) is 0 Å². The van der Waals surface area contributed by atoms with Gasteiger partial charge in [0.15, 0.2) is 0 Å². The van der Waals surface area contributed by atoms with Crippen LogP contribution in [-0.2, 0) is 4.74 Å². The summed E-state index contributed by atoms with van der Waals surface area (Å²) in [4.78, 5) is 0. The normalized spacial score (nSPS) is 17.9. The second-order valence-electron chi connectivity index (χ2n) is 1.79. The first-order valence-corrected chi connectivity index (χ1v) is 2.84. The zero-order chi connectivity index (χ0) is 5.82. The number of ether oxygens (including phenoxy) is 1. The molecule has 0 radical (unpaired) electrons. The fourth-order valence-corrected chi connectivity index (χ4v) is 0.741. The minimum atomic E-state index is 0.997. The van der Waals surface area contributed by atoms with Crippen molar-refractivity contribution in [3.05, 3.63) is 24.0 Å². The van der Waals surface area contributed by atoms with E-state index in [4.69, 9.17) is 4.74 Å². The third-order valence-corrected chi connectivity index (χ3v) is 1.20. The highest BCUT2D eigenvalue weighted by atomic mass is 16.5. The van der Waals surface area contributed by atoms with Crippen molar-refractivity contribution in [1.29, 1.82) is 0 Å². The molecule has 0 bridgehead atoms. The molecule has 0 unspecified atom stereocenters. The van der Waals surface area contributed by atoms with Gasteiger partial charge in [0, 0.05) is 0 Å². The summed E-state index contributed by atoms with van der Waals surface area (Å²) in [6.07, 6.45) is 8.51. The molecule has 0 aromatic rings. The SMILES string of the molecule is COC1=CCCC=C1. The van der Waals surface area contributed by atoms with Crippen LogP contribution >= 0.6 is 0 Å². The van der Waals surface area contributed by atoms with Gasteiger partial charge in [0.25, 0.3) is 0 Å². The van der Waals surface area contributed by atoms with Crippen LogP contribution in [0.5, 0.6) is 0 Å². The van der Waals surface area contributed by atoms with Crippen molar-refractivity contribution in [2.45, 2.75) is 12.8 Å². The first-order valence-electron chi connectivity index (χ1n) is 2.84. The van der Waals surface area contributed by atoms with Crippen LogP contribution in [0, 0.1) is 0 Å². The molecule has 0 aromatic carbocycles. The van der Waals surface area contributed by atoms with Crippen molar-refractivity contribution in [2.75, 3.05) is 7.11 Å². The molecule has 0 fully saturated rings. The Kier molecular flexibility index (Phi) is 1.73. The third kappa shape index (κ3) is 1.12. The summed E-state index contributed by atoms with van der Waals surface area (Å²) in [6.45, 7) is 0. The molecular weight excluding hydrogens is 100 g/mol. The van der Waals surface area contributed by atoms with E-state index in [1.54, 1.807) is 7.11 Å². The first-order chi connectivity index (χ1) is 3.93. The molecular formula is C7H10O. The maximum atomic E-state index is 4.97. The first kappa shape index (κ1) is 5.42. The van der Waals surface area contributed by atoms with Crippen LogP contribution in [0.15, 0.2) is 24.0 Å². The molecule has 0 saturated heterocycles. The van der Waals surface area contributed by atoms with Crippen LogP contribution in [-0.4, -0.2) is 7.11 Å². The van der Waals surface area contributed by atoms with Crippen LogP contribution in [0.25, 0.3) is 0 Å². The van der Waals surface area contributed by atoms with E-state index in [2.05, 4.69) is 12.2 Å². The number of hydrogen-bond acceptors (Lipinski definition) is 1. The Balaban J connectivity index is 2.51. The van der Waals surface area contributed by atoms with Gasteiger partial charge in [0.1, 0.15) is 5.76 Å². The molecule has 0 heterocycles. The third-order valence-electron chi connectivity index (χ3n) is 1.20. The fourth-order valence-electron chi connectivity index (χ4n) is 0.741. The van der Waals surface area contributed by atoms with Crippen LogP contribution in [0.1, 0.15) is 12.8 Å². The molecule has 0 amide bonds. The Morgan fingerprint density at radius 3 is 2.75 bits per heavy atom. The summed E-state index contributed by atoms with van der Waals surface area (Å²) >= 11 is 0. The Hall–Kier alpha value is -0.720. The van der Waals surface area contributed by atoms with Crippen molar-refractivity contribution < 1.29 is 4.74 Å². The lowest BCUT2D eigenvalue weighted by atomic mass is 10.2. The number of rotatable bonds is 1. The van der Waals surface area contributed by atoms with Gasteiger partial charge in [-0.1, -0.05) is 6.08 Å². The zero-order valence-corrected chi connectivity index (χ0v) is 5.05. The predicted octanol–water partition coefficient (Wildman–Crippen LogP) is 1.87. The average molecular weight is 110 g/mol. The highest BCUT2D eigenvalue weighted by Crippen LogP contribution is 2.08. The average Bonchev–Trinajstić information content (AvgIpc) is 1.90. The van der Waals surface area contributed by atoms with Gasteiger partial charge < -0.3 is 4.74 Å².